The molecule has 0 aliphatic heterocycles. The van der Waals surface area contributed by atoms with Gasteiger partial charge in [0.1, 0.15) is 0 Å². The minimum absolute atomic E-state index is 0. The average molecular weight is 218 g/mol. The van der Waals surface area contributed by atoms with E-state index in [1.54, 1.807) is 6.07 Å². The van der Waals surface area contributed by atoms with Gasteiger partial charge in [0.2, 0.25) is 0 Å². The number of rotatable bonds is 3. The van der Waals surface area contributed by atoms with Gasteiger partial charge in [-0.2, -0.15) is 12.6 Å². The number of carbonyl (C=O) groups excluding carboxylic acids is 1. The Kier molecular flexibility index (Phi) is 5.79. The molecule has 0 aliphatic carbocycles. The first kappa shape index (κ1) is 12.5. The first-order valence-corrected chi connectivity index (χ1v) is 4.34. The van der Waals surface area contributed by atoms with E-state index in [9.17, 15) is 4.79 Å². The maximum absolute atomic E-state index is 11.1. The lowest BCUT2D eigenvalue weighted by atomic mass is 10.1. The van der Waals surface area contributed by atoms with Gasteiger partial charge in [-0.05, 0) is 11.6 Å². The van der Waals surface area contributed by atoms with Crippen LogP contribution in [0.3, 0.4) is 0 Å². The Balaban J connectivity index is 0.00000144. The van der Waals surface area contributed by atoms with Crippen LogP contribution in [0.15, 0.2) is 24.3 Å². The first-order valence-electron chi connectivity index (χ1n) is 3.71. The molecule has 0 unspecified atom stereocenters. The molecule has 0 atom stereocenters. The second-order valence-corrected chi connectivity index (χ2v) is 2.80. The number of benzene rings is 1. The van der Waals surface area contributed by atoms with Crippen LogP contribution in [0.2, 0.25) is 0 Å². The molecule has 0 heterocycles. The van der Waals surface area contributed by atoms with E-state index in [1.165, 1.54) is 0 Å². The lowest BCUT2D eigenvalue weighted by molar-refractivity contribution is 0.100. The Morgan fingerprint density at radius 2 is 2.15 bits per heavy atom. The van der Waals surface area contributed by atoms with Gasteiger partial charge in [-0.15, -0.1) is 12.4 Å². The van der Waals surface area contributed by atoms with E-state index in [2.05, 4.69) is 12.6 Å². The third-order valence-electron chi connectivity index (χ3n) is 1.62. The molecule has 2 N–H and O–H groups in total. The van der Waals surface area contributed by atoms with Crippen LogP contribution < -0.4 is 5.73 Å². The first-order chi connectivity index (χ1) is 5.77. The summed E-state index contributed by atoms with van der Waals surface area (Å²) in [5.41, 5.74) is 6.94. The number of nitrogens with two attached hydrogens (primary N) is 1. The second-order valence-electron chi connectivity index (χ2n) is 2.49. The van der Waals surface area contributed by atoms with E-state index in [-0.39, 0.29) is 24.7 Å². The predicted octanol–water partition coefficient (Wildman–Crippen LogP) is 1.68. The van der Waals surface area contributed by atoms with Crippen molar-refractivity contribution in [2.75, 3.05) is 6.54 Å². The van der Waals surface area contributed by atoms with Gasteiger partial charge in [-0.3, -0.25) is 4.79 Å². The van der Waals surface area contributed by atoms with Gasteiger partial charge in [0.05, 0.1) is 6.54 Å². The van der Waals surface area contributed by atoms with E-state index in [4.69, 9.17) is 5.73 Å². The number of carbonyl (C=O) groups is 1. The van der Waals surface area contributed by atoms with Crippen LogP contribution >= 0.6 is 25.0 Å². The van der Waals surface area contributed by atoms with Crippen molar-refractivity contribution in [1.82, 2.24) is 0 Å². The van der Waals surface area contributed by atoms with Crippen LogP contribution in [-0.4, -0.2) is 12.3 Å². The van der Waals surface area contributed by atoms with Crippen LogP contribution in [0.5, 0.6) is 0 Å². The lowest BCUT2D eigenvalue weighted by Gasteiger charge is -1.99. The number of halogens is 1. The second kappa shape index (κ2) is 6.02. The van der Waals surface area contributed by atoms with Gasteiger partial charge >= 0.3 is 0 Å². The van der Waals surface area contributed by atoms with Crippen molar-refractivity contribution in [2.24, 2.45) is 5.73 Å². The summed E-state index contributed by atoms with van der Waals surface area (Å²) in [5, 5.41) is 0. The van der Waals surface area contributed by atoms with Gasteiger partial charge in [0.15, 0.2) is 5.78 Å². The smallest absolute Gasteiger partial charge is 0.176 e. The molecular formula is C9H12ClNOS. The fourth-order valence-electron chi connectivity index (χ4n) is 0.961. The van der Waals surface area contributed by atoms with Gasteiger partial charge in [-0.1, -0.05) is 18.2 Å². The molecular weight excluding hydrogens is 206 g/mol. The van der Waals surface area contributed by atoms with Gasteiger partial charge in [0.25, 0.3) is 0 Å². The summed E-state index contributed by atoms with van der Waals surface area (Å²) >= 11 is 4.11. The monoisotopic (exact) mass is 217 g/mol. The molecule has 0 spiro atoms. The minimum atomic E-state index is -0.0290. The SMILES string of the molecule is Cl.NCC(=O)c1cccc(CS)c1. The van der Waals surface area contributed by atoms with Gasteiger partial charge in [0, 0.05) is 11.3 Å². The highest BCUT2D eigenvalue weighted by Gasteiger charge is 2.02. The van der Waals surface area contributed by atoms with Crippen LogP contribution in [-0.2, 0) is 5.75 Å². The highest BCUT2D eigenvalue weighted by Crippen LogP contribution is 2.07. The highest BCUT2D eigenvalue weighted by atomic mass is 35.5. The maximum atomic E-state index is 11.1. The lowest BCUT2D eigenvalue weighted by Crippen LogP contribution is -2.13. The van der Waals surface area contributed by atoms with E-state index >= 15 is 0 Å². The molecule has 0 aliphatic rings. The van der Waals surface area contributed by atoms with E-state index in [0.717, 1.165) is 5.56 Å². The molecule has 0 bridgehead atoms. The minimum Gasteiger partial charge on any atom is -0.324 e. The molecule has 0 aromatic heterocycles. The molecule has 2 nitrogen and oxygen atoms in total. The number of hydrogen-bond acceptors (Lipinski definition) is 3. The molecule has 0 amide bonds. The van der Waals surface area contributed by atoms with Crippen LogP contribution in [0.4, 0.5) is 0 Å². The molecule has 13 heavy (non-hydrogen) atoms. The molecule has 1 aromatic carbocycles. The van der Waals surface area contributed by atoms with Gasteiger partial charge in [-0.25, -0.2) is 0 Å². The van der Waals surface area contributed by atoms with Crippen LogP contribution in [0.25, 0.3) is 0 Å². The molecule has 1 rings (SSSR count). The zero-order valence-electron chi connectivity index (χ0n) is 7.06. The molecule has 0 radical (unpaired) electrons. The van der Waals surface area contributed by atoms with Crippen LogP contribution in [0.1, 0.15) is 15.9 Å². The fourth-order valence-corrected chi connectivity index (χ4v) is 1.16. The normalized spacial score (nSPS) is 9.08. The molecule has 0 saturated heterocycles. The Morgan fingerprint density at radius 3 is 2.69 bits per heavy atom. The molecule has 0 saturated carbocycles. The summed E-state index contributed by atoms with van der Waals surface area (Å²) in [6.45, 7) is 0.0655. The quantitative estimate of drug-likeness (QED) is 0.598. The molecule has 1 aromatic rings. The van der Waals surface area contributed by atoms with Crippen molar-refractivity contribution in [1.29, 1.82) is 0 Å². The van der Waals surface area contributed by atoms with Crippen molar-refractivity contribution in [2.45, 2.75) is 5.75 Å². The number of Topliss-reactive ketones (excluding diaryl/α,β-unsaturated/α-hetero) is 1. The van der Waals surface area contributed by atoms with E-state index in [0.29, 0.717) is 11.3 Å². The zero-order chi connectivity index (χ0) is 8.97. The maximum Gasteiger partial charge on any atom is 0.176 e. The fraction of sp³-hybridized carbons (Fsp3) is 0.222. The standard InChI is InChI=1S/C9H11NOS.ClH/c10-5-9(11)8-3-1-2-7(4-8)6-12;/h1-4,12H,5-6,10H2;1H. The van der Waals surface area contributed by atoms with E-state index < -0.39 is 0 Å². The predicted molar refractivity (Wildman–Crippen MR) is 59.8 cm³/mol. The van der Waals surface area contributed by atoms with Crippen molar-refractivity contribution < 1.29 is 4.79 Å². The number of hydrogen-bond donors (Lipinski definition) is 2. The average Bonchev–Trinajstić information content (AvgIpc) is 2.17. The summed E-state index contributed by atoms with van der Waals surface area (Å²) < 4.78 is 0. The van der Waals surface area contributed by atoms with Crippen molar-refractivity contribution in [3.63, 3.8) is 0 Å². The Bertz CT molecular complexity index is 291. The topological polar surface area (TPSA) is 43.1 Å². The van der Waals surface area contributed by atoms with E-state index in [1.807, 2.05) is 18.2 Å². The number of ketones is 1. The summed E-state index contributed by atoms with van der Waals surface area (Å²) in [7, 11) is 0. The highest BCUT2D eigenvalue weighted by molar-refractivity contribution is 7.79. The Morgan fingerprint density at radius 1 is 1.46 bits per heavy atom. The van der Waals surface area contributed by atoms with Crippen LogP contribution in [0, 0.1) is 0 Å². The largest absolute Gasteiger partial charge is 0.324 e. The van der Waals surface area contributed by atoms with Gasteiger partial charge < -0.3 is 5.73 Å². The summed E-state index contributed by atoms with van der Waals surface area (Å²) in [6, 6.07) is 7.36. The molecule has 4 heteroatoms. The summed E-state index contributed by atoms with van der Waals surface area (Å²) in [5.74, 6) is 0.615. The summed E-state index contributed by atoms with van der Waals surface area (Å²) in [4.78, 5) is 11.1. The zero-order valence-corrected chi connectivity index (χ0v) is 8.78. The number of thiol groups is 1. The third kappa shape index (κ3) is 3.38. The van der Waals surface area contributed by atoms with Crippen molar-refractivity contribution in [3.8, 4) is 0 Å². The van der Waals surface area contributed by atoms with Crippen molar-refractivity contribution in [3.05, 3.63) is 35.4 Å². The molecule has 0 fully saturated rings. The molecule has 72 valence electrons. The Labute approximate surface area is 89.3 Å². The Hall–Kier alpha value is -0.510. The van der Waals surface area contributed by atoms with Crippen molar-refractivity contribution >= 4 is 30.8 Å². The third-order valence-corrected chi connectivity index (χ3v) is 1.98. The summed E-state index contributed by atoms with van der Waals surface area (Å²) in [6.07, 6.45) is 0.